The van der Waals surface area contributed by atoms with Gasteiger partial charge in [0, 0.05) is 24.5 Å². The van der Waals surface area contributed by atoms with Gasteiger partial charge in [-0.25, -0.2) is 8.42 Å². The maximum Gasteiger partial charge on any atom is 0.247 e. The summed E-state index contributed by atoms with van der Waals surface area (Å²) in [6.07, 6.45) is 3.04. The van der Waals surface area contributed by atoms with Gasteiger partial charge in [-0.15, -0.1) is 11.8 Å². The molecule has 166 valence electrons. The van der Waals surface area contributed by atoms with Crippen LogP contribution in [0.1, 0.15) is 18.1 Å². The standard InChI is InChI=1S/C22H27N3O4S2/c1-22(21(27)23-13-17-7-5-4-6-8-17)16-24(31(3,28)29)15-20(26)25(22)14-18-9-11-19(30-2)12-10-18/h4-12H,13-16H2,1-3H3,(H,23,27)/t22-/m1/s1. The molecular weight excluding hydrogens is 434 g/mol. The third kappa shape index (κ3) is 5.47. The number of hydrogen-bond acceptors (Lipinski definition) is 5. The molecule has 0 aromatic heterocycles. The molecule has 9 heteroatoms. The number of sulfonamides is 1. The van der Waals surface area contributed by atoms with Crippen molar-refractivity contribution in [3.05, 3.63) is 65.7 Å². The van der Waals surface area contributed by atoms with Crippen LogP contribution in [-0.2, 0) is 32.7 Å². The second-order valence-electron chi connectivity index (χ2n) is 7.80. The summed E-state index contributed by atoms with van der Waals surface area (Å²) < 4.78 is 25.4. The SMILES string of the molecule is CSc1ccc(CN2C(=O)CN(S(C)(=O)=O)C[C@]2(C)C(=O)NCc2ccccc2)cc1. The molecule has 2 amide bonds. The molecule has 1 heterocycles. The molecule has 3 rings (SSSR count). The molecule has 2 aromatic rings. The average Bonchev–Trinajstić information content (AvgIpc) is 2.75. The minimum Gasteiger partial charge on any atom is -0.350 e. The third-order valence-electron chi connectivity index (χ3n) is 5.45. The monoisotopic (exact) mass is 461 g/mol. The van der Waals surface area contributed by atoms with Crippen molar-refractivity contribution in [3.63, 3.8) is 0 Å². The number of amides is 2. The number of nitrogens with one attached hydrogen (secondary N) is 1. The molecule has 1 aliphatic heterocycles. The third-order valence-corrected chi connectivity index (χ3v) is 7.39. The van der Waals surface area contributed by atoms with E-state index in [0.717, 1.165) is 26.6 Å². The topological polar surface area (TPSA) is 86.8 Å². The number of benzene rings is 2. The number of carbonyl (C=O) groups excluding carboxylic acids is 2. The highest BCUT2D eigenvalue weighted by molar-refractivity contribution is 7.98. The Morgan fingerprint density at radius 2 is 1.74 bits per heavy atom. The minimum absolute atomic E-state index is 0.0961. The molecule has 0 saturated carbocycles. The van der Waals surface area contributed by atoms with Crippen LogP contribution in [0.15, 0.2) is 59.5 Å². The van der Waals surface area contributed by atoms with Crippen molar-refractivity contribution in [3.8, 4) is 0 Å². The van der Waals surface area contributed by atoms with Crippen molar-refractivity contribution < 1.29 is 18.0 Å². The average molecular weight is 462 g/mol. The van der Waals surface area contributed by atoms with E-state index in [4.69, 9.17) is 0 Å². The van der Waals surface area contributed by atoms with E-state index < -0.39 is 27.4 Å². The molecule has 0 unspecified atom stereocenters. The van der Waals surface area contributed by atoms with Gasteiger partial charge in [0.1, 0.15) is 5.54 Å². The summed E-state index contributed by atoms with van der Waals surface area (Å²) in [6, 6.07) is 17.2. The van der Waals surface area contributed by atoms with E-state index >= 15 is 0 Å². The van der Waals surface area contributed by atoms with E-state index in [-0.39, 0.29) is 19.6 Å². The zero-order valence-electron chi connectivity index (χ0n) is 17.9. The predicted molar refractivity (Wildman–Crippen MR) is 122 cm³/mol. The van der Waals surface area contributed by atoms with Gasteiger partial charge in [0.15, 0.2) is 0 Å². The smallest absolute Gasteiger partial charge is 0.247 e. The van der Waals surface area contributed by atoms with E-state index in [9.17, 15) is 18.0 Å². The van der Waals surface area contributed by atoms with E-state index in [2.05, 4.69) is 5.32 Å². The molecule has 0 aliphatic carbocycles. The zero-order valence-corrected chi connectivity index (χ0v) is 19.5. The molecule has 2 aromatic carbocycles. The Labute approximate surface area is 187 Å². The fraction of sp³-hybridized carbons (Fsp3) is 0.364. The summed E-state index contributed by atoms with van der Waals surface area (Å²) in [6.45, 7) is 1.77. The normalized spacial score (nSPS) is 20.0. The van der Waals surface area contributed by atoms with Crippen LogP contribution in [0.25, 0.3) is 0 Å². The fourth-order valence-corrected chi connectivity index (χ4v) is 4.81. The van der Waals surface area contributed by atoms with Crippen LogP contribution >= 0.6 is 11.8 Å². The highest BCUT2D eigenvalue weighted by atomic mass is 32.2. The summed E-state index contributed by atoms with van der Waals surface area (Å²) in [5.41, 5.74) is 0.451. The fourth-order valence-electron chi connectivity index (χ4n) is 3.57. The highest BCUT2D eigenvalue weighted by Gasteiger charge is 2.49. The van der Waals surface area contributed by atoms with E-state index in [0.29, 0.717) is 6.54 Å². The second-order valence-corrected chi connectivity index (χ2v) is 10.7. The first-order valence-electron chi connectivity index (χ1n) is 9.84. The Balaban J connectivity index is 1.87. The zero-order chi connectivity index (χ0) is 22.6. The maximum atomic E-state index is 13.3. The number of carbonyl (C=O) groups is 2. The molecule has 1 N–H and O–H groups in total. The molecule has 0 bridgehead atoms. The van der Waals surface area contributed by atoms with Gasteiger partial charge in [-0.3, -0.25) is 9.59 Å². The summed E-state index contributed by atoms with van der Waals surface area (Å²) in [7, 11) is -3.63. The Morgan fingerprint density at radius 3 is 2.32 bits per heavy atom. The van der Waals surface area contributed by atoms with Gasteiger partial charge in [0.25, 0.3) is 0 Å². The van der Waals surface area contributed by atoms with Crippen molar-refractivity contribution in [1.82, 2.24) is 14.5 Å². The van der Waals surface area contributed by atoms with Crippen molar-refractivity contribution in [2.24, 2.45) is 0 Å². The molecular formula is C22H27N3O4S2. The van der Waals surface area contributed by atoms with Crippen molar-refractivity contribution in [2.75, 3.05) is 25.6 Å². The summed E-state index contributed by atoms with van der Waals surface area (Å²) in [5, 5.41) is 2.88. The molecule has 1 atom stereocenters. The lowest BCUT2D eigenvalue weighted by Crippen LogP contribution is -2.69. The Morgan fingerprint density at radius 1 is 1.10 bits per heavy atom. The lowest BCUT2D eigenvalue weighted by Gasteiger charge is -2.46. The van der Waals surface area contributed by atoms with Gasteiger partial charge in [0.2, 0.25) is 21.8 Å². The van der Waals surface area contributed by atoms with Crippen LogP contribution in [0.3, 0.4) is 0 Å². The van der Waals surface area contributed by atoms with Gasteiger partial charge in [-0.1, -0.05) is 42.5 Å². The van der Waals surface area contributed by atoms with Crippen LogP contribution in [-0.4, -0.2) is 60.6 Å². The first-order valence-corrected chi connectivity index (χ1v) is 12.9. The highest BCUT2D eigenvalue weighted by Crippen LogP contribution is 2.27. The second kappa shape index (κ2) is 9.42. The van der Waals surface area contributed by atoms with Crippen LogP contribution in [0.5, 0.6) is 0 Å². The molecule has 7 nitrogen and oxygen atoms in total. The number of thioether (sulfide) groups is 1. The molecule has 31 heavy (non-hydrogen) atoms. The van der Waals surface area contributed by atoms with Gasteiger partial charge in [0.05, 0.1) is 12.8 Å². The number of piperazine rings is 1. The molecule has 0 spiro atoms. The van der Waals surface area contributed by atoms with Gasteiger partial charge in [-0.05, 0) is 36.4 Å². The minimum atomic E-state index is -3.63. The maximum absolute atomic E-state index is 13.3. The summed E-state index contributed by atoms with van der Waals surface area (Å²) in [5.74, 6) is -0.790. The van der Waals surface area contributed by atoms with E-state index in [1.165, 1.54) is 4.90 Å². The van der Waals surface area contributed by atoms with Gasteiger partial charge >= 0.3 is 0 Å². The molecule has 1 saturated heterocycles. The molecule has 1 fully saturated rings. The number of nitrogens with zero attached hydrogens (tertiary/aromatic N) is 2. The first kappa shape index (κ1) is 23.3. The quantitative estimate of drug-likeness (QED) is 0.638. The molecule has 1 aliphatic rings. The number of rotatable bonds is 7. The van der Waals surface area contributed by atoms with Crippen molar-refractivity contribution in [1.29, 1.82) is 0 Å². The Bertz CT molecular complexity index is 1040. The van der Waals surface area contributed by atoms with E-state index in [1.807, 2.05) is 60.9 Å². The number of hydrogen-bond donors (Lipinski definition) is 1. The molecule has 0 radical (unpaired) electrons. The van der Waals surface area contributed by atoms with Crippen LogP contribution in [0, 0.1) is 0 Å². The van der Waals surface area contributed by atoms with Crippen LogP contribution < -0.4 is 5.32 Å². The van der Waals surface area contributed by atoms with Crippen LogP contribution in [0.2, 0.25) is 0 Å². The lowest BCUT2D eigenvalue weighted by atomic mass is 9.94. The Kier molecular flexibility index (Phi) is 7.08. The predicted octanol–water partition coefficient (Wildman–Crippen LogP) is 2.09. The summed E-state index contributed by atoms with van der Waals surface area (Å²) in [4.78, 5) is 28.9. The largest absolute Gasteiger partial charge is 0.350 e. The van der Waals surface area contributed by atoms with E-state index in [1.54, 1.807) is 18.7 Å². The summed E-state index contributed by atoms with van der Waals surface area (Å²) >= 11 is 1.62. The van der Waals surface area contributed by atoms with Crippen LogP contribution in [0.4, 0.5) is 0 Å². The first-order chi connectivity index (χ1) is 14.6. The van der Waals surface area contributed by atoms with Crippen molar-refractivity contribution in [2.45, 2.75) is 30.4 Å². The Hall–Kier alpha value is -2.36. The van der Waals surface area contributed by atoms with Crippen molar-refractivity contribution >= 4 is 33.6 Å². The lowest BCUT2D eigenvalue weighted by molar-refractivity contribution is -0.153. The van der Waals surface area contributed by atoms with Gasteiger partial charge in [-0.2, -0.15) is 4.31 Å². The van der Waals surface area contributed by atoms with Gasteiger partial charge < -0.3 is 10.2 Å².